The fourth-order valence-corrected chi connectivity index (χ4v) is 6.05. The molecule has 6 nitrogen and oxygen atoms in total. The lowest BCUT2D eigenvalue weighted by atomic mass is 10.1. The minimum Gasteiger partial charge on any atom is -0.354 e. The van der Waals surface area contributed by atoms with Crippen molar-refractivity contribution in [1.29, 1.82) is 0 Å². The van der Waals surface area contributed by atoms with Crippen LogP contribution in [0, 0.1) is 0 Å². The highest BCUT2D eigenvalue weighted by Gasteiger charge is 2.26. The highest BCUT2D eigenvalue weighted by atomic mass is 32.2. The topological polar surface area (TPSA) is 71.4 Å². The number of sulfonamides is 1. The monoisotopic (exact) mass is 467 g/mol. The van der Waals surface area contributed by atoms with Crippen LogP contribution >= 0.6 is 0 Å². The molecule has 7 heteroatoms. The van der Waals surface area contributed by atoms with Crippen molar-refractivity contribution < 1.29 is 13.2 Å². The van der Waals surface area contributed by atoms with Crippen LogP contribution in [0.1, 0.15) is 50.6 Å². The van der Waals surface area contributed by atoms with Crippen molar-refractivity contribution in [3.63, 3.8) is 0 Å². The first-order chi connectivity index (χ1) is 16.0. The Hall–Kier alpha value is -2.64. The zero-order chi connectivity index (χ0) is 23.3. The Morgan fingerprint density at radius 3 is 2.45 bits per heavy atom. The molecule has 0 spiro atoms. The molecule has 3 aromatic rings. The van der Waals surface area contributed by atoms with Crippen molar-refractivity contribution in [2.24, 2.45) is 0 Å². The first-order valence-electron chi connectivity index (χ1n) is 11.9. The summed E-state index contributed by atoms with van der Waals surface area (Å²) in [5.41, 5.74) is 2.12. The van der Waals surface area contributed by atoms with Crippen molar-refractivity contribution in [2.45, 2.75) is 56.4 Å². The Morgan fingerprint density at radius 2 is 1.73 bits per heavy atom. The highest BCUT2D eigenvalue weighted by molar-refractivity contribution is 7.89. The van der Waals surface area contributed by atoms with Gasteiger partial charge in [-0.1, -0.05) is 43.2 Å². The Labute approximate surface area is 196 Å². The average Bonchev–Trinajstić information content (AvgIpc) is 3.05. The van der Waals surface area contributed by atoms with E-state index >= 15 is 0 Å². The number of aromatic nitrogens is 1. The van der Waals surface area contributed by atoms with E-state index in [1.165, 1.54) is 5.56 Å². The number of hydrogen-bond donors (Lipinski definition) is 1. The molecule has 4 rings (SSSR count). The van der Waals surface area contributed by atoms with Gasteiger partial charge in [0.1, 0.15) is 6.04 Å². The molecular weight excluding hydrogens is 434 g/mol. The van der Waals surface area contributed by atoms with Crippen LogP contribution in [0.3, 0.4) is 0 Å². The van der Waals surface area contributed by atoms with E-state index in [1.54, 1.807) is 16.4 Å². The number of aryl methyl sites for hydroxylation is 1. The minimum atomic E-state index is -3.50. The van der Waals surface area contributed by atoms with Gasteiger partial charge in [-0.25, -0.2) is 8.42 Å². The molecule has 1 aliphatic rings. The van der Waals surface area contributed by atoms with Crippen LogP contribution in [0.15, 0.2) is 65.7 Å². The fraction of sp³-hybridized carbons (Fsp3) is 0.423. The summed E-state index contributed by atoms with van der Waals surface area (Å²) in [7, 11) is -3.50. The van der Waals surface area contributed by atoms with E-state index < -0.39 is 10.0 Å². The molecule has 0 radical (unpaired) electrons. The summed E-state index contributed by atoms with van der Waals surface area (Å²) in [6.45, 7) is 3.66. The van der Waals surface area contributed by atoms with Gasteiger partial charge < -0.3 is 9.88 Å². The summed E-state index contributed by atoms with van der Waals surface area (Å²) in [6, 6.07) is 17.0. The quantitative estimate of drug-likeness (QED) is 0.495. The summed E-state index contributed by atoms with van der Waals surface area (Å²) < 4.78 is 29.8. The van der Waals surface area contributed by atoms with Crippen molar-refractivity contribution in [2.75, 3.05) is 19.6 Å². The van der Waals surface area contributed by atoms with Gasteiger partial charge in [0, 0.05) is 36.7 Å². The normalized spacial score (nSPS) is 16.4. The van der Waals surface area contributed by atoms with Gasteiger partial charge in [-0.05, 0) is 62.4 Å². The molecular formula is C26H33N3O3S. The van der Waals surface area contributed by atoms with E-state index in [0.717, 1.165) is 49.4 Å². The van der Waals surface area contributed by atoms with E-state index in [1.807, 2.05) is 48.0 Å². The number of hydrogen-bond acceptors (Lipinski definition) is 3. The number of amides is 1. The van der Waals surface area contributed by atoms with Crippen molar-refractivity contribution in [3.8, 4) is 0 Å². The average molecular weight is 468 g/mol. The van der Waals surface area contributed by atoms with E-state index in [-0.39, 0.29) is 11.9 Å². The van der Waals surface area contributed by atoms with Gasteiger partial charge in [0.15, 0.2) is 0 Å². The molecule has 1 atom stereocenters. The Kier molecular flexibility index (Phi) is 7.50. The maximum Gasteiger partial charge on any atom is 0.243 e. The van der Waals surface area contributed by atoms with Gasteiger partial charge in [0.05, 0.1) is 4.90 Å². The molecule has 1 aromatic heterocycles. The van der Waals surface area contributed by atoms with Gasteiger partial charge in [-0.15, -0.1) is 0 Å². The third-order valence-corrected chi connectivity index (χ3v) is 8.37. The zero-order valence-corrected chi connectivity index (χ0v) is 20.1. The lowest BCUT2D eigenvalue weighted by molar-refractivity contribution is -0.123. The molecule has 1 saturated heterocycles. The maximum absolute atomic E-state index is 13.1. The summed E-state index contributed by atoms with van der Waals surface area (Å²) in [4.78, 5) is 13.1. The smallest absolute Gasteiger partial charge is 0.243 e. The Morgan fingerprint density at radius 1 is 1.00 bits per heavy atom. The van der Waals surface area contributed by atoms with Gasteiger partial charge in [-0.2, -0.15) is 4.31 Å². The van der Waals surface area contributed by atoms with E-state index in [4.69, 9.17) is 0 Å². The lowest BCUT2D eigenvalue weighted by Crippen LogP contribution is -2.32. The molecule has 2 heterocycles. The van der Waals surface area contributed by atoms with E-state index in [2.05, 4.69) is 17.4 Å². The third kappa shape index (κ3) is 5.47. The number of benzene rings is 2. The second-order valence-electron chi connectivity index (χ2n) is 8.82. The van der Waals surface area contributed by atoms with Crippen LogP contribution in [0.25, 0.3) is 10.9 Å². The predicted octanol–water partition coefficient (Wildman–Crippen LogP) is 4.52. The summed E-state index contributed by atoms with van der Waals surface area (Å²) >= 11 is 0. The maximum atomic E-state index is 13.1. The molecule has 1 amide bonds. The van der Waals surface area contributed by atoms with Crippen molar-refractivity contribution in [1.82, 2.24) is 14.2 Å². The van der Waals surface area contributed by atoms with Gasteiger partial charge in [0.2, 0.25) is 15.9 Å². The standard InChI is InChI=1S/C26H33N3O3S/c1-21(26(30)27-16-9-12-22-10-5-4-6-11-22)29-19-15-23-20-24(13-14-25(23)29)33(31,32)28-17-7-2-3-8-18-28/h4-6,10-11,13-15,19-21H,2-3,7-9,12,16-18H2,1H3,(H,27,30)/t21-/m0/s1. The summed E-state index contributed by atoms with van der Waals surface area (Å²) in [5.74, 6) is -0.0400. The SMILES string of the molecule is C[C@@H](C(=O)NCCCc1ccccc1)n1ccc2cc(S(=O)(=O)N3CCCCCC3)ccc21. The van der Waals surface area contributed by atoms with Crippen LogP contribution < -0.4 is 5.32 Å². The molecule has 176 valence electrons. The largest absolute Gasteiger partial charge is 0.354 e. The van der Waals surface area contributed by atoms with Crippen LogP contribution in [-0.4, -0.2) is 42.8 Å². The summed E-state index contributed by atoms with van der Waals surface area (Å²) in [5, 5.41) is 3.86. The predicted molar refractivity (Wildman–Crippen MR) is 132 cm³/mol. The third-order valence-electron chi connectivity index (χ3n) is 6.48. The van der Waals surface area contributed by atoms with Crippen LogP contribution in [0.2, 0.25) is 0 Å². The Bertz CT molecular complexity index is 1180. The molecule has 0 unspecified atom stereocenters. The second kappa shape index (κ2) is 10.5. The lowest BCUT2D eigenvalue weighted by Gasteiger charge is -2.20. The number of nitrogens with zero attached hydrogens (tertiary/aromatic N) is 2. The second-order valence-corrected chi connectivity index (χ2v) is 10.8. The number of nitrogens with one attached hydrogen (secondary N) is 1. The first kappa shape index (κ1) is 23.5. The zero-order valence-electron chi connectivity index (χ0n) is 19.2. The number of fused-ring (bicyclic) bond motifs is 1. The fourth-order valence-electron chi connectivity index (χ4n) is 4.49. The molecule has 1 aliphatic heterocycles. The van der Waals surface area contributed by atoms with Gasteiger partial charge in [-0.3, -0.25) is 4.79 Å². The minimum absolute atomic E-state index is 0.0400. The molecule has 1 N–H and O–H groups in total. The molecule has 2 aromatic carbocycles. The van der Waals surface area contributed by atoms with Gasteiger partial charge in [0.25, 0.3) is 0 Å². The van der Waals surface area contributed by atoms with Crippen molar-refractivity contribution in [3.05, 3.63) is 66.4 Å². The molecule has 0 bridgehead atoms. The summed E-state index contributed by atoms with van der Waals surface area (Å²) in [6.07, 6.45) is 7.66. The number of carbonyl (C=O) groups excluding carboxylic acids is 1. The van der Waals surface area contributed by atoms with Crippen LogP contribution in [-0.2, 0) is 21.2 Å². The highest BCUT2D eigenvalue weighted by Crippen LogP contribution is 2.26. The molecule has 0 saturated carbocycles. The molecule has 0 aliphatic carbocycles. The van der Waals surface area contributed by atoms with Gasteiger partial charge >= 0.3 is 0 Å². The molecule has 33 heavy (non-hydrogen) atoms. The number of rotatable bonds is 8. The van der Waals surface area contributed by atoms with E-state index in [0.29, 0.717) is 24.5 Å². The number of carbonyl (C=O) groups is 1. The Balaban J connectivity index is 1.41. The van der Waals surface area contributed by atoms with E-state index in [9.17, 15) is 13.2 Å². The van der Waals surface area contributed by atoms with Crippen LogP contribution in [0.5, 0.6) is 0 Å². The first-order valence-corrected chi connectivity index (χ1v) is 13.3. The van der Waals surface area contributed by atoms with Crippen LogP contribution in [0.4, 0.5) is 0 Å². The molecule has 1 fully saturated rings. The van der Waals surface area contributed by atoms with Crippen molar-refractivity contribution >= 4 is 26.8 Å².